The lowest BCUT2D eigenvalue weighted by molar-refractivity contribution is -0.296. The first-order valence-electron chi connectivity index (χ1n) is 18.6. The van der Waals surface area contributed by atoms with Crippen molar-refractivity contribution in [1.29, 1.82) is 0 Å². The number of hydrogen-bond donors (Lipinski definition) is 11. The van der Waals surface area contributed by atoms with E-state index in [4.69, 9.17) is 38.3 Å². The molecule has 2 saturated heterocycles. The van der Waals surface area contributed by atoms with E-state index in [0.717, 1.165) is 18.2 Å². The molecule has 0 saturated carbocycles. The van der Waals surface area contributed by atoms with Gasteiger partial charge in [0.2, 0.25) is 18.3 Å². The number of carbonyl (C=O) groups excluding carboxylic acids is 2. The van der Waals surface area contributed by atoms with Crippen LogP contribution in [-0.4, -0.2) is 161 Å². The zero-order valence-electron chi connectivity index (χ0n) is 32.3. The molecule has 12 N–H and O–H groups in total. The number of rotatable bonds is 14. The summed E-state index contributed by atoms with van der Waals surface area (Å²) < 4.78 is 43.3. The normalized spacial score (nSPS) is 28.2. The highest BCUT2D eigenvalue weighted by Gasteiger charge is 2.49. The maximum Gasteiger partial charge on any atom is 0.330 e. The maximum absolute atomic E-state index is 12.5. The fraction of sp³-hybridized carbons (Fsp3) is 0.375. The fourth-order valence-electron chi connectivity index (χ4n) is 6.51. The quantitative estimate of drug-likeness (QED) is 0.0309. The van der Waals surface area contributed by atoms with Gasteiger partial charge in [0.1, 0.15) is 91.3 Å². The monoisotopic (exact) mass is 875 g/mol. The van der Waals surface area contributed by atoms with Crippen LogP contribution < -0.4 is 9.47 Å². The zero-order chi connectivity index (χ0) is 45.0. The van der Waals surface area contributed by atoms with Gasteiger partial charge in [0.15, 0.2) is 17.3 Å². The standard InChI is InChI=1S/C40H42O22/c1-55-24-9-17(8-21(43)31(24)48)38-25(60-40-37(54)35(52)32(49)26(62-40)14-56-29(46)7-4-16-2-5-18(41)6-3-16)12-20-22(58-38)10-19(42)11-23(20)59-39-36(53)34(51)33(50)27(61-39)15-57-30(47)13-28(44)45/h2-12,26-27,32-43,48-54H,13-15H2,1H3,(H,44,45)/p+1/b7-4+/t26-,27-,32+,33+,34+,35-,36-,37-,38?,39-,40-/m1/s1. The fourth-order valence-corrected chi connectivity index (χ4v) is 6.51. The first-order valence-corrected chi connectivity index (χ1v) is 18.6. The lowest BCUT2D eigenvalue weighted by atomic mass is 9.98. The molecule has 11 atom stereocenters. The first kappa shape index (κ1) is 45.2. The van der Waals surface area contributed by atoms with Gasteiger partial charge in [-0.05, 0) is 35.9 Å². The molecule has 0 amide bonds. The molecular formula is C40H43O22+. The van der Waals surface area contributed by atoms with Crippen molar-refractivity contribution in [3.63, 3.8) is 0 Å². The van der Waals surface area contributed by atoms with E-state index in [9.17, 15) is 65.4 Å². The number of carboxylic acid groups (broad SMARTS) is 1. The van der Waals surface area contributed by atoms with Gasteiger partial charge >= 0.3 is 17.9 Å². The Hall–Kier alpha value is -6.37. The second kappa shape index (κ2) is 19.1. The van der Waals surface area contributed by atoms with Crippen LogP contribution in [0.4, 0.5) is 0 Å². The smallest absolute Gasteiger partial charge is 0.330 e. The third-order valence-corrected chi connectivity index (χ3v) is 9.77. The van der Waals surface area contributed by atoms with Crippen LogP contribution in [0, 0.1) is 0 Å². The van der Waals surface area contributed by atoms with Gasteiger partial charge < -0.3 is 94.1 Å². The van der Waals surface area contributed by atoms with Crippen molar-refractivity contribution in [2.75, 3.05) is 20.3 Å². The number of ether oxygens (including phenoxy) is 8. The molecule has 0 aliphatic carbocycles. The highest BCUT2D eigenvalue weighted by molar-refractivity contribution is 5.90. The van der Waals surface area contributed by atoms with Crippen LogP contribution in [0.25, 0.3) is 12.2 Å². The van der Waals surface area contributed by atoms with Gasteiger partial charge in [0.05, 0.1) is 18.7 Å². The summed E-state index contributed by atoms with van der Waals surface area (Å²) in [5, 5.41) is 115. The summed E-state index contributed by atoms with van der Waals surface area (Å²) in [7, 11) is 1.21. The van der Waals surface area contributed by atoms with E-state index in [1.165, 1.54) is 55.7 Å². The summed E-state index contributed by atoms with van der Waals surface area (Å²) in [5.74, 6) is -6.10. The van der Waals surface area contributed by atoms with Gasteiger partial charge in [-0.15, -0.1) is 0 Å². The summed E-state index contributed by atoms with van der Waals surface area (Å²) in [6, 6.07) is 10.5. The van der Waals surface area contributed by atoms with Crippen molar-refractivity contribution in [2.45, 2.75) is 73.9 Å². The number of methoxy groups -OCH3 is 1. The van der Waals surface area contributed by atoms with E-state index in [2.05, 4.69) is 4.74 Å². The molecule has 334 valence electrons. The number of phenolic OH excluding ortho intramolecular Hbond substituents is 4. The van der Waals surface area contributed by atoms with Crippen LogP contribution in [-0.2, 0) is 38.1 Å². The van der Waals surface area contributed by atoms with Crippen molar-refractivity contribution < 1.29 is 108 Å². The number of aliphatic hydroxyl groups excluding tert-OH is 6. The summed E-state index contributed by atoms with van der Waals surface area (Å²) in [5.41, 5.74) is 0.605. The number of aliphatic hydroxyl groups is 7. The average Bonchev–Trinajstić information content (AvgIpc) is 3.23. The SMILES string of the molecule is COc1cc(C2[OH+]c3cc(O)cc(O[C@@H]4O[C@H](COC(=O)CC(=O)O)[C@H](O)[C@H](O)[C@H]4O)c3C=C2O[C@@H]2O[C@H](COC(=O)/C=C/c3ccc(O)cc3)[C@H](O)[C@@H](O)[C@H]2O)cc(O)c1O. The molecule has 22 heteroatoms. The van der Waals surface area contributed by atoms with E-state index >= 15 is 0 Å². The lowest BCUT2D eigenvalue weighted by Crippen LogP contribution is -2.60. The van der Waals surface area contributed by atoms with E-state index < -0.39 is 122 Å². The number of aromatic hydroxyl groups is 5. The van der Waals surface area contributed by atoms with Gasteiger partial charge in [-0.1, -0.05) is 12.1 Å². The van der Waals surface area contributed by atoms with Gasteiger partial charge in [-0.25, -0.2) is 4.79 Å². The van der Waals surface area contributed by atoms with Crippen molar-refractivity contribution in [3.8, 4) is 40.2 Å². The second-order valence-electron chi connectivity index (χ2n) is 14.1. The van der Waals surface area contributed by atoms with Crippen LogP contribution in [0.5, 0.6) is 40.2 Å². The number of aliphatic carboxylic acids is 1. The minimum atomic E-state index is -1.97. The lowest BCUT2D eigenvalue weighted by Gasteiger charge is -2.41. The van der Waals surface area contributed by atoms with Crippen molar-refractivity contribution >= 4 is 30.1 Å². The highest BCUT2D eigenvalue weighted by Crippen LogP contribution is 2.48. The largest absolute Gasteiger partial charge is 0.571 e. The van der Waals surface area contributed by atoms with Crippen molar-refractivity contribution in [1.82, 2.24) is 0 Å². The molecule has 0 radical (unpaired) electrons. The topological polar surface area (TPSA) is 351 Å². The Morgan fingerprint density at radius 3 is 1.95 bits per heavy atom. The number of benzene rings is 3. The Bertz CT molecular complexity index is 2170. The average molecular weight is 876 g/mol. The Labute approximate surface area is 349 Å². The first-order chi connectivity index (χ1) is 29.4. The molecule has 1 unspecified atom stereocenters. The third-order valence-electron chi connectivity index (χ3n) is 9.77. The molecule has 3 aliphatic rings. The van der Waals surface area contributed by atoms with Crippen LogP contribution in [0.15, 0.2) is 60.4 Å². The Kier molecular flexibility index (Phi) is 13.9. The van der Waals surface area contributed by atoms with E-state index in [1.807, 2.05) is 0 Å². The predicted octanol–water partition coefficient (Wildman–Crippen LogP) is -0.860. The summed E-state index contributed by atoms with van der Waals surface area (Å²) >= 11 is 0. The van der Waals surface area contributed by atoms with Crippen molar-refractivity contribution in [2.24, 2.45) is 0 Å². The molecule has 62 heavy (non-hydrogen) atoms. The third kappa shape index (κ3) is 10.2. The van der Waals surface area contributed by atoms with E-state index in [1.54, 1.807) is 0 Å². The van der Waals surface area contributed by atoms with E-state index in [0.29, 0.717) is 5.56 Å². The van der Waals surface area contributed by atoms with Crippen LogP contribution in [0.3, 0.4) is 0 Å². The Morgan fingerprint density at radius 2 is 1.34 bits per heavy atom. The van der Waals surface area contributed by atoms with Gasteiger partial charge in [-0.3, -0.25) is 9.59 Å². The molecule has 2 fully saturated rings. The molecule has 0 aromatic heterocycles. The van der Waals surface area contributed by atoms with Gasteiger partial charge in [0.25, 0.3) is 11.9 Å². The molecule has 3 aromatic rings. The number of hydrogen-bond acceptors (Lipinski definition) is 20. The minimum absolute atomic E-state index is 0.0119. The van der Waals surface area contributed by atoms with Crippen molar-refractivity contribution in [3.05, 3.63) is 77.1 Å². The second-order valence-corrected chi connectivity index (χ2v) is 14.1. The Balaban J connectivity index is 1.29. The van der Waals surface area contributed by atoms with Gasteiger partial charge in [0, 0.05) is 18.2 Å². The summed E-state index contributed by atoms with van der Waals surface area (Å²) in [4.78, 5) is 35.3. The number of esters is 2. The van der Waals surface area contributed by atoms with Crippen LogP contribution in [0.2, 0.25) is 0 Å². The maximum atomic E-state index is 12.5. The minimum Gasteiger partial charge on any atom is -0.571 e. The van der Waals surface area contributed by atoms with Crippen LogP contribution >= 0.6 is 0 Å². The summed E-state index contributed by atoms with van der Waals surface area (Å²) in [6.07, 6.45) is -16.9. The Morgan fingerprint density at radius 1 is 0.726 bits per heavy atom. The molecule has 6 rings (SSSR count). The molecule has 0 bridgehead atoms. The number of fused-ring (bicyclic) bond motifs is 1. The molecule has 22 nitrogen and oxygen atoms in total. The number of carbonyl (C=O) groups is 3. The summed E-state index contributed by atoms with van der Waals surface area (Å²) in [6.45, 7) is -1.42. The predicted molar refractivity (Wildman–Crippen MR) is 203 cm³/mol. The van der Waals surface area contributed by atoms with E-state index in [-0.39, 0.29) is 39.9 Å². The van der Waals surface area contributed by atoms with Crippen LogP contribution in [0.1, 0.15) is 29.2 Å². The number of phenols is 4. The molecule has 3 aliphatic heterocycles. The molecular weight excluding hydrogens is 832 g/mol. The zero-order valence-corrected chi connectivity index (χ0v) is 32.3. The molecule has 0 spiro atoms. The number of carboxylic acids is 1. The molecule has 3 aromatic carbocycles. The highest BCUT2D eigenvalue weighted by atomic mass is 16.7. The van der Waals surface area contributed by atoms with Gasteiger partial charge in [-0.2, -0.15) is 0 Å². The molecule has 3 heterocycles.